The van der Waals surface area contributed by atoms with Crippen molar-refractivity contribution in [2.24, 2.45) is 5.73 Å². The van der Waals surface area contributed by atoms with Gasteiger partial charge in [-0.3, -0.25) is 4.79 Å². The summed E-state index contributed by atoms with van der Waals surface area (Å²) < 4.78 is 2.00. The van der Waals surface area contributed by atoms with Crippen molar-refractivity contribution in [1.29, 1.82) is 0 Å². The number of nitrogens with two attached hydrogens (primary N) is 1. The molecule has 0 aliphatic heterocycles. The van der Waals surface area contributed by atoms with Crippen LogP contribution in [0.15, 0.2) is 18.2 Å². The van der Waals surface area contributed by atoms with E-state index in [-0.39, 0.29) is 0 Å². The molecule has 0 fully saturated rings. The topological polar surface area (TPSA) is 48.0 Å². The summed E-state index contributed by atoms with van der Waals surface area (Å²) in [6.07, 6.45) is 0.893. The Balaban J connectivity index is 2.78. The number of fused-ring (bicyclic) bond motifs is 1. The minimum absolute atomic E-state index is 0.540. The number of carbonyl (C=O) groups excluding carboxylic acids is 1. The summed E-state index contributed by atoms with van der Waals surface area (Å²) in [4.78, 5) is 11.0. The molecule has 0 saturated carbocycles. The average Bonchev–Trinajstić information content (AvgIpc) is 2.57. The van der Waals surface area contributed by atoms with Gasteiger partial charge in [0.05, 0.1) is 11.2 Å². The van der Waals surface area contributed by atoms with Crippen LogP contribution < -0.4 is 5.73 Å². The molecule has 16 heavy (non-hydrogen) atoms. The molecule has 2 aromatic rings. The predicted molar refractivity (Wildman–Crippen MR) is 65.9 cm³/mol. The number of nitrogens with zero attached hydrogens (tertiary/aromatic N) is 1. The van der Waals surface area contributed by atoms with E-state index in [2.05, 4.69) is 26.0 Å². The van der Waals surface area contributed by atoms with Crippen molar-refractivity contribution in [1.82, 2.24) is 4.57 Å². The second-order valence-corrected chi connectivity index (χ2v) is 4.15. The summed E-state index contributed by atoms with van der Waals surface area (Å²) >= 11 is 0. The molecule has 1 aromatic heterocycles. The van der Waals surface area contributed by atoms with E-state index in [1.165, 1.54) is 11.1 Å². The molecular formula is C13H16N2O. The Bertz CT molecular complexity index is 540. The number of aromatic nitrogens is 1. The Morgan fingerprint density at radius 3 is 2.69 bits per heavy atom. The third-order valence-corrected chi connectivity index (χ3v) is 2.83. The van der Waals surface area contributed by atoms with Crippen LogP contribution >= 0.6 is 0 Å². The average molecular weight is 216 g/mol. The standard InChI is InChI=1S/C13H16N2O/c1-9-5-10(2)13-11(6-9)7-12(8-16)15(13)4-3-14/h5-8H,3-4,14H2,1-2H3. The van der Waals surface area contributed by atoms with Gasteiger partial charge in [0, 0.05) is 18.5 Å². The zero-order valence-corrected chi connectivity index (χ0v) is 9.66. The van der Waals surface area contributed by atoms with Gasteiger partial charge in [0.1, 0.15) is 0 Å². The molecule has 3 heteroatoms. The lowest BCUT2D eigenvalue weighted by atomic mass is 10.1. The van der Waals surface area contributed by atoms with E-state index in [9.17, 15) is 4.79 Å². The molecule has 1 aromatic carbocycles. The molecule has 0 atom stereocenters. The molecule has 0 saturated heterocycles. The van der Waals surface area contributed by atoms with Crippen molar-refractivity contribution in [2.45, 2.75) is 20.4 Å². The highest BCUT2D eigenvalue weighted by molar-refractivity contribution is 5.91. The second kappa shape index (κ2) is 4.10. The van der Waals surface area contributed by atoms with E-state index in [1.807, 2.05) is 10.6 Å². The smallest absolute Gasteiger partial charge is 0.166 e. The van der Waals surface area contributed by atoms with Gasteiger partial charge in [0.2, 0.25) is 0 Å². The van der Waals surface area contributed by atoms with Gasteiger partial charge in [-0.2, -0.15) is 0 Å². The first kappa shape index (κ1) is 10.9. The molecule has 0 amide bonds. The van der Waals surface area contributed by atoms with E-state index >= 15 is 0 Å². The molecule has 0 aliphatic carbocycles. The van der Waals surface area contributed by atoms with Gasteiger partial charge in [-0.1, -0.05) is 11.6 Å². The van der Waals surface area contributed by atoms with Crippen molar-refractivity contribution in [3.63, 3.8) is 0 Å². The molecule has 84 valence electrons. The van der Waals surface area contributed by atoms with Crippen LogP contribution in [0, 0.1) is 13.8 Å². The van der Waals surface area contributed by atoms with Gasteiger partial charge in [0.25, 0.3) is 0 Å². The quantitative estimate of drug-likeness (QED) is 0.798. The lowest BCUT2D eigenvalue weighted by molar-refractivity contribution is 0.111. The highest BCUT2D eigenvalue weighted by Crippen LogP contribution is 2.24. The minimum atomic E-state index is 0.540. The Morgan fingerprint density at radius 2 is 2.06 bits per heavy atom. The minimum Gasteiger partial charge on any atom is -0.337 e. The molecule has 2 rings (SSSR count). The number of carbonyl (C=O) groups is 1. The maximum absolute atomic E-state index is 11.0. The fourth-order valence-corrected chi connectivity index (χ4v) is 2.31. The van der Waals surface area contributed by atoms with Crippen LogP contribution in [-0.2, 0) is 6.54 Å². The van der Waals surface area contributed by atoms with E-state index in [0.29, 0.717) is 18.8 Å². The lowest BCUT2D eigenvalue weighted by Gasteiger charge is -2.08. The van der Waals surface area contributed by atoms with E-state index in [4.69, 9.17) is 5.73 Å². The van der Waals surface area contributed by atoms with Crippen molar-refractivity contribution in [3.8, 4) is 0 Å². The zero-order chi connectivity index (χ0) is 11.7. The van der Waals surface area contributed by atoms with Gasteiger partial charge < -0.3 is 10.3 Å². The SMILES string of the molecule is Cc1cc(C)c2c(c1)cc(C=O)n2CCN. The molecule has 0 bridgehead atoms. The second-order valence-electron chi connectivity index (χ2n) is 4.15. The number of rotatable bonds is 3. The van der Waals surface area contributed by atoms with Crippen LogP contribution in [0.2, 0.25) is 0 Å². The van der Waals surface area contributed by atoms with Crippen molar-refractivity contribution in [3.05, 3.63) is 35.0 Å². The lowest BCUT2D eigenvalue weighted by Crippen LogP contribution is -2.12. The van der Waals surface area contributed by atoms with Crippen molar-refractivity contribution in [2.75, 3.05) is 6.54 Å². The van der Waals surface area contributed by atoms with Crippen LogP contribution in [0.4, 0.5) is 0 Å². The maximum Gasteiger partial charge on any atom is 0.166 e. The van der Waals surface area contributed by atoms with Gasteiger partial charge in [0.15, 0.2) is 6.29 Å². The Kier molecular flexibility index (Phi) is 2.79. The fraction of sp³-hybridized carbons (Fsp3) is 0.308. The molecule has 3 nitrogen and oxygen atoms in total. The van der Waals surface area contributed by atoms with E-state index in [0.717, 1.165) is 17.2 Å². The molecule has 0 aliphatic rings. The summed E-state index contributed by atoms with van der Waals surface area (Å²) in [6.45, 7) is 5.35. The van der Waals surface area contributed by atoms with Crippen LogP contribution in [-0.4, -0.2) is 17.4 Å². The third kappa shape index (κ3) is 1.63. The van der Waals surface area contributed by atoms with Crippen molar-refractivity contribution >= 4 is 17.2 Å². The molecule has 0 unspecified atom stereocenters. The number of hydrogen-bond donors (Lipinski definition) is 1. The normalized spacial score (nSPS) is 10.9. The Morgan fingerprint density at radius 1 is 1.31 bits per heavy atom. The molecular weight excluding hydrogens is 200 g/mol. The predicted octanol–water partition coefficient (Wildman–Crippen LogP) is 2.03. The van der Waals surface area contributed by atoms with E-state index in [1.54, 1.807) is 0 Å². The van der Waals surface area contributed by atoms with Crippen molar-refractivity contribution < 1.29 is 4.79 Å². The van der Waals surface area contributed by atoms with E-state index < -0.39 is 0 Å². The van der Waals surface area contributed by atoms with Crippen LogP contribution in [0.5, 0.6) is 0 Å². The number of aldehydes is 1. The number of hydrogen-bond acceptors (Lipinski definition) is 2. The highest BCUT2D eigenvalue weighted by Gasteiger charge is 2.09. The summed E-state index contributed by atoms with van der Waals surface area (Å²) in [5, 5.41) is 1.12. The highest BCUT2D eigenvalue weighted by atomic mass is 16.1. The monoisotopic (exact) mass is 216 g/mol. The summed E-state index contributed by atoms with van der Waals surface area (Å²) in [5.41, 5.74) is 9.81. The molecule has 2 N–H and O–H groups in total. The van der Waals surface area contributed by atoms with Crippen LogP contribution in [0.3, 0.4) is 0 Å². The molecule has 0 radical (unpaired) electrons. The molecule has 1 heterocycles. The third-order valence-electron chi connectivity index (χ3n) is 2.83. The first-order valence-electron chi connectivity index (χ1n) is 5.43. The number of benzene rings is 1. The number of aryl methyl sites for hydroxylation is 2. The fourth-order valence-electron chi connectivity index (χ4n) is 2.31. The van der Waals surface area contributed by atoms with Gasteiger partial charge in [-0.25, -0.2) is 0 Å². The molecule has 0 spiro atoms. The Hall–Kier alpha value is -1.61. The summed E-state index contributed by atoms with van der Waals surface area (Å²) in [6, 6.07) is 6.16. The zero-order valence-electron chi connectivity index (χ0n) is 9.66. The van der Waals surface area contributed by atoms with Gasteiger partial charge >= 0.3 is 0 Å². The largest absolute Gasteiger partial charge is 0.337 e. The van der Waals surface area contributed by atoms with Gasteiger partial charge in [-0.05, 0) is 31.5 Å². The summed E-state index contributed by atoms with van der Waals surface area (Å²) in [7, 11) is 0. The first-order valence-corrected chi connectivity index (χ1v) is 5.43. The van der Waals surface area contributed by atoms with Crippen LogP contribution in [0.25, 0.3) is 10.9 Å². The van der Waals surface area contributed by atoms with Gasteiger partial charge in [-0.15, -0.1) is 0 Å². The first-order chi connectivity index (χ1) is 7.67. The summed E-state index contributed by atoms with van der Waals surface area (Å²) in [5.74, 6) is 0. The Labute approximate surface area is 94.9 Å². The maximum atomic E-state index is 11.0. The van der Waals surface area contributed by atoms with Crippen LogP contribution in [0.1, 0.15) is 21.6 Å².